The number of hydrogen-bond acceptors (Lipinski definition) is 3. The Bertz CT molecular complexity index is 362. The number of nitrogens with one attached hydrogen (secondary N) is 1. The molecule has 1 aromatic carbocycles. The number of rotatable bonds is 12. The van der Waals surface area contributed by atoms with Crippen molar-refractivity contribution in [3.05, 3.63) is 35.6 Å². The summed E-state index contributed by atoms with van der Waals surface area (Å²) >= 11 is 0. The van der Waals surface area contributed by atoms with Crippen molar-refractivity contribution < 1.29 is 13.9 Å². The summed E-state index contributed by atoms with van der Waals surface area (Å²) in [6.07, 6.45) is 4.25. The Labute approximate surface area is 127 Å². The first-order chi connectivity index (χ1) is 10.3. The standard InChI is InChI=1S/C17H28FNO2/c1-20-10-4-3-6-16(14-19-9-11-21-2)12-15-7-5-8-17(18)13-15/h5,7-8,13,16,19H,3-4,6,9-12,14H2,1-2H3. The first-order valence-corrected chi connectivity index (χ1v) is 7.69. The average molecular weight is 297 g/mol. The Morgan fingerprint density at radius 3 is 2.67 bits per heavy atom. The minimum atomic E-state index is -0.155. The molecule has 3 nitrogen and oxygen atoms in total. The van der Waals surface area contributed by atoms with Crippen molar-refractivity contribution in [2.45, 2.75) is 25.7 Å². The van der Waals surface area contributed by atoms with Crippen molar-refractivity contribution in [2.24, 2.45) is 5.92 Å². The molecule has 1 atom stereocenters. The second-order valence-corrected chi connectivity index (χ2v) is 5.39. The molecule has 1 rings (SSSR count). The van der Waals surface area contributed by atoms with Crippen LogP contribution in [0.25, 0.3) is 0 Å². The van der Waals surface area contributed by atoms with E-state index in [1.165, 1.54) is 6.07 Å². The maximum Gasteiger partial charge on any atom is 0.123 e. The van der Waals surface area contributed by atoms with Crippen LogP contribution < -0.4 is 5.32 Å². The molecular formula is C17H28FNO2. The summed E-state index contributed by atoms with van der Waals surface area (Å²) in [6.45, 7) is 3.32. The maximum atomic E-state index is 13.3. The van der Waals surface area contributed by atoms with Crippen LogP contribution in [-0.4, -0.2) is 40.5 Å². The Morgan fingerprint density at radius 1 is 1.14 bits per heavy atom. The predicted molar refractivity (Wildman–Crippen MR) is 84.1 cm³/mol. The third kappa shape index (κ3) is 8.81. The highest BCUT2D eigenvalue weighted by molar-refractivity contribution is 5.16. The highest BCUT2D eigenvalue weighted by Gasteiger charge is 2.10. The molecule has 4 heteroatoms. The first-order valence-electron chi connectivity index (χ1n) is 7.69. The molecule has 0 fully saturated rings. The lowest BCUT2D eigenvalue weighted by atomic mass is 9.94. The van der Waals surface area contributed by atoms with Gasteiger partial charge >= 0.3 is 0 Å². The van der Waals surface area contributed by atoms with Gasteiger partial charge in [0.2, 0.25) is 0 Å². The molecule has 0 radical (unpaired) electrons. The van der Waals surface area contributed by atoms with Crippen molar-refractivity contribution in [1.29, 1.82) is 0 Å². The van der Waals surface area contributed by atoms with Crippen LogP contribution >= 0.6 is 0 Å². The molecule has 0 aliphatic heterocycles. The van der Waals surface area contributed by atoms with Crippen LogP contribution in [0.1, 0.15) is 24.8 Å². The van der Waals surface area contributed by atoms with Gasteiger partial charge in [-0.1, -0.05) is 18.6 Å². The number of benzene rings is 1. The van der Waals surface area contributed by atoms with Crippen molar-refractivity contribution in [3.63, 3.8) is 0 Å². The molecule has 0 saturated carbocycles. The molecule has 1 N–H and O–H groups in total. The van der Waals surface area contributed by atoms with E-state index >= 15 is 0 Å². The molecule has 120 valence electrons. The summed E-state index contributed by atoms with van der Waals surface area (Å²) < 4.78 is 23.4. The Kier molecular flexibility index (Phi) is 10.0. The van der Waals surface area contributed by atoms with Gasteiger partial charge in [-0.05, 0) is 49.4 Å². The molecule has 1 aromatic rings. The van der Waals surface area contributed by atoms with E-state index in [1.54, 1.807) is 26.4 Å². The highest BCUT2D eigenvalue weighted by Crippen LogP contribution is 2.16. The van der Waals surface area contributed by atoms with Crippen molar-refractivity contribution in [1.82, 2.24) is 5.32 Å². The monoisotopic (exact) mass is 297 g/mol. The summed E-state index contributed by atoms with van der Waals surface area (Å²) in [5.41, 5.74) is 1.07. The van der Waals surface area contributed by atoms with Gasteiger partial charge < -0.3 is 14.8 Å². The van der Waals surface area contributed by atoms with Crippen molar-refractivity contribution in [3.8, 4) is 0 Å². The summed E-state index contributed by atoms with van der Waals surface area (Å²) in [6, 6.07) is 6.91. The maximum absolute atomic E-state index is 13.3. The van der Waals surface area contributed by atoms with E-state index in [1.807, 2.05) is 6.07 Å². The topological polar surface area (TPSA) is 30.5 Å². The number of methoxy groups -OCH3 is 2. The van der Waals surface area contributed by atoms with Gasteiger partial charge in [-0.2, -0.15) is 0 Å². The van der Waals surface area contributed by atoms with E-state index < -0.39 is 0 Å². The van der Waals surface area contributed by atoms with Gasteiger partial charge in [0.05, 0.1) is 6.61 Å². The van der Waals surface area contributed by atoms with Gasteiger partial charge in [0.1, 0.15) is 5.82 Å². The molecule has 1 unspecified atom stereocenters. The number of halogens is 1. The van der Waals surface area contributed by atoms with E-state index in [0.29, 0.717) is 5.92 Å². The zero-order chi connectivity index (χ0) is 15.3. The van der Waals surface area contributed by atoms with Gasteiger partial charge in [-0.25, -0.2) is 4.39 Å². The van der Waals surface area contributed by atoms with Crippen LogP contribution in [0.3, 0.4) is 0 Å². The van der Waals surface area contributed by atoms with Gasteiger partial charge in [0, 0.05) is 27.4 Å². The van der Waals surface area contributed by atoms with Crippen LogP contribution in [-0.2, 0) is 15.9 Å². The van der Waals surface area contributed by atoms with E-state index in [2.05, 4.69) is 5.32 Å². The quantitative estimate of drug-likeness (QED) is 0.602. The first kappa shape index (κ1) is 18.1. The summed E-state index contributed by atoms with van der Waals surface area (Å²) in [7, 11) is 3.44. The fourth-order valence-electron chi connectivity index (χ4n) is 2.43. The predicted octanol–water partition coefficient (Wildman–Crippen LogP) is 3.04. The molecule has 0 aromatic heterocycles. The van der Waals surface area contributed by atoms with Gasteiger partial charge in [-0.3, -0.25) is 0 Å². The van der Waals surface area contributed by atoms with E-state index in [4.69, 9.17) is 9.47 Å². The third-order valence-electron chi connectivity index (χ3n) is 3.54. The summed E-state index contributed by atoms with van der Waals surface area (Å²) in [5.74, 6) is 0.360. The van der Waals surface area contributed by atoms with Crippen LogP contribution in [0, 0.1) is 11.7 Å². The Balaban J connectivity index is 2.41. The SMILES string of the molecule is COCCCCC(CNCCOC)Cc1cccc(F)c1. The fraction of sp³-hybridized carbons (Fsp3) is 0.647. The molecular weight excluding hydrogens is 269 g/mol. The van der Waals surface area contributed by atoms with Gasteiger partial charge in [-0.15, -0.1) is 0 Å². The smallest absolute Gasteiger partial charge is 0.123 e. The lowest BCUT2D eigenvalue weighted by molar-refractivity contribution is 0.188. The van der Waals surface area contributed by atoms with Crippen LogP contribution in [0.4, 0.5) is 4.39 Å². The van der Waals surface area contributed by atoms with Gasteiger partial charge in [0.25, 0.3) is 0 Å². The number of hydrogen-bond donors (Lipinski definition) is 1. The lowest BCUT2D eigenvalue weighted by Crippen LogP contribution is -2.27. The highest BCUT2D eigenvalue weighted by atomic mass is 19.1. The largest absolute Gasteiger partial charge is 0.385 e. The number of unbranched alkanes of at least 4 members (excludes halogenated alkanes) is 1. The zero-order valence-electron chi connectivity index (χ0n) is 13.2. The average Bonchev–Trinajstić information content (AvgIpc) is 2.48. The van der Waals surface area contributed by atoms with Crippen LogP contribution in [0.5, 0.6) is 0 Å². The minimum Gasteiger partial charge on any atom is -0.385 e. The molecule has 0 aliphatic rings. The van der Waals surface area contributed by atoms with E-state index in [-0.39, 0.29) is 5.82 Å². The van der Waals surface area contributed by atoms with E-state index in [0.717, 1.165) is 57.6 Å². The molecule has 0 saturated heterocycles. The lowest BCUT2D eigenvalue weighted by Gasteiger charge is -2.18. The number of ether oxygens (including phenoxy) is 2. The van der Waals surface area contributed by atoms with Gasteiger partial charge in [0.15, 0.2) is 0 Å². The molecule has 0 amide bonds. The summed E-state index contributed by atoms with van der Waals surface area (Å²) in [5, 5.41) is 3.41. The molecule has 0 spiro atoms. The molecule has 0 aliphatic carbocycles. The summed E-state index contributed by atoms with van der Waals surface area (Å²) in [4.78, 5) is 0. The Hall–Kier alpha value is -0.970. The van der Waals surface area contributed by atoms with Crippen LogP contribution in [0.15, 0.2) is 24.3 Å². The molecule has 0 bridgehead atoms. The molecule has 21 heavy (non-hydrogen) atoms. The van der Waals surface area contributed by atoms with Crippen molar-refractivity contribution in [2.75, 3.05) is 40.5 Å². The normalized spacial score (nSPS) is 12.5. The third-order valence-corrected chi connectivity index (χ3v) is 3.54. The second-order valence-electron chi connectivity index (χ2n) is 5.39. The zero-order valence-corrected chi connectivity index (χ0v) is 13.2. The second kappa shape index (κ2) is 11.7. The van der Waals surface area contributed by atoms with Crippen LogP contribution in [0.2, 0.25) is 0 Å². The fourth-order valence-corrected chi connectivity index (χ4v) is 2.43. The minimum absolute atomic E-state index is 0.155. The Morgan fingerprint density at radius 2 is 1.95 bits per heavy atom. The molecule has 0 heterocycles. The van der Waals surface area contributed by atoms with Crippen molar-refractivity contribution >= 4 is 0 Å². The van der Waals surface area contributed by atoms with E-state index in [9.17, 15) is 4.39 Å².